The zero-order valence-corrected chi connectivity index (χ0v) is 21.5. The SMILES string of the molecule is COc1ccc(CN(Cc2ccc(OC)cc2)S(=O)(=O)[C@@H](C)[C@H](O)c2ccc(F)cc2Br)cc1. The standard InChI is InChI=1S/C25H27BrFNO5S/c1-17(25(29)23-13-8-20(27)14-24(23)26)34(30,31)28(15-18-4-9-21(32-2)10-5-18)16-19-6-11-22(33-3)12-7-19/h4-14,17,25,29H,15-16H2,1-3H3/t17-,25-/m0/s1. The molecule has 0 bridgehead atoms. The van der Waals surface area contributed by atoms with Gasteiger partial charge in [0.1, 0.15) is 22.6 Å². The Balaban J connectivity index is 1.93. The average molecular weight is 552 g/mol. The highest BCUT2D eigenvalue weighted by Gasteiger charge is 2.35. The molecule has 0 unspecified atom stereocenters. The summed E-state index contributed by atoms with van der Waals surface area (Å²) in [5.41, 5.74) is 1.83. The summed E-state index contributed by atoms with van der Waals surface area (Å²) in [6.45, 7) is 1.64. The van der Waals surface area contributed by atoms with Crippen LogP contribution in [0, 0.1) is 5.82 Å². The third kappa shape index (κ3) is 6.15. The molecule has 0 radical (unpaired) electrons. The number of halogens is 2. The smallest absolute Gasteiger partial charge is 0.220 e. The quantitative estimate of drug-likeness (QED) is 0.381. The van der Waals surface area contributed by atoms with Crippen LogP contribution in [0.1, 0.15) is 29.7 Å². The van der Waals surface area contributed by atoms with E-state index >= 15 is 0 Å². The van der Waals surface area contributed by atoms with Crippen LogP contribution in [0.25, 0.3) is 0 Å². The number of rotatable bonds is 10. The van der Waals surface area contributed by atoms with E-state index in [0.717, 1.165) is 11.1 Å². The number of aliphatic hydroxyl groups excluding tert-OH is 1. The molecular formula is C25H27BrFNO5S. The van der Waals surface area contributed by atoms with E-state index in [1.165, 1.54) is 29.4 Å². The molecule has 3 aromatic carbocycles. The van der Waals surface area contributed by atoms with Crippen LogP contribution in [0.15, 0.2) is 71.2 Å². The van der Waals surface area contributed by atoms with Crippen LogP contribution < -0.4 is 9.47 Å². The maximum absolute atomic E-state index is 13.7. The van der Waals surface area contributed by atoms with E-state index in [9.17, 15) is 17.9 Å². The van der Waals surface area contributed by atoms with Crippen LogP contribution in [0.3, 0.4) is 0 Å². The molecule has 0 aromatic heterocycles. The Hall–Kier alpha value is -2.46. The fourth-order valence-corrected chi connectivity index (χ4v) is 5.68. The van der Waals surface area contributed by atoms with Gasteiger partial charge in [-0.15, -0.1) is 0 Å². The molecule has 0 aliphatic rings. The molecule has 9 heteroatoms. The van der Waals surface area contributed by atoms with Crippen molar-refractivity contribution in [2.45, 2.75) is 31.4 Å². The summed E-state index contributed by atoms with van der Waals surface area (Å²) < 4.78 is 52.9. The lowest BCUT2D eigenvalue weighted by atomic mass is 10.1. The third-order valence-electron chi connectivity index (χ3n) is 5.59. The highest BCUT2D eigenvalue weighted by Crippen LogP contribution is 2.31. The van der Waals surface area contributed by atoms with Gasteiger partial charge >= 0.3 is 0 Å². The third-order valence-corrected chi connectivity index (χ3v) is 8.45. The second kappa shape index (κ2) is 11.3. The Morgan fingerprint density at radius 3 is 1.79 bits per heavy atom. The van der Waals surface area contributed by atoms with Crippen LogP contribution in [-0.4, -0.2) is 37.3 Å². The normalized spacial score (nSPS) is 13.5. The second-order valence-electron chi connectivity index (χ2n) is 7.82. The highest BCUT2D eigenvalue weighted by atomic mass is 79.9. The minimum Gasteiger partial charge on any atom is -0.497 e. The molecule has 0 amide bonds. The number of hydrogen-bond donors (Lipinski definition) is 1. The molecule has 0 aliphatic heterocycles. The lowest BCUT2D eigenvalue weighted by molar-refractivity contribution is 0.171. The van der Waals surface area contributed by atoms with E-state index in [1.807, 2.05) is 0 Å². The molecule has 182 valence electrons. The largest absolute Gasteiger partial charge is 0.497 e. The van der Waals surface area contributed by atoms with E-state index in [2.05, 4.69) is 15.9 Å². The molecule has 34 heavy (non-hydrogen) atoms. The number of sulfonamides is 1. The van der Waals surface area contributed by atoms with Crippen molar-refractivity contribution < 1.29 is 27.4 Å². The molecule has 6 nitrogen and oxygen atoms in total. The van der Waals surface area contributed by atoms with Gasteiger partial charge in [-0.3, -0.25) is 0 Å². The maximum Gasteiger partial charge on any atom is 0.220 e. The van der Waals surface area contributed by atoms with E-state index < -0.39 is 27.2 Å². The molecule has 0 aliphatic carbocycles. The minimum absolute atomic E-state index is 0.0972. The summed E-state index contributed by atoms with van der Waals surface area (Å²) in [4.78, 5) is 0. The molecule has 0 spiro atoms. The number of ether oxygens (including phenoxy) is 2. The van der Waals surface area contributed by atoms with Gasteiger partial charge in [0.2, 0.25) is 10.0 Å². The number of hydrogen-bond acceptors (Lipinski definition) is 5. The average Bonchev–Trinajstić information content (AvgIpc) is 2.83. The van der Waals surface area contributed by atoms with Crippen molar-refractivity contribution in [2.24, 2.45) is 0 Å². The van der Waals surface area contributed by atoms with Gasteiger partial charge in [0.15, 0.2) is 0 Å². The van der Waals surface area contributed by atoms with Crippen LogP contribution in [0.4, 0.5) is 4.39 Å². The van der Waals surface area contributed by atoms with Gasteiger partial charge < -0.3 is 14.6 Å². The summed E-state index contributed by atoms with van der Waals surface area (Å²) >= 11 is 3.22. The first kappa shape index (κ1) is 26.2. The van der Waals surface area contributed by atoms with Crippen molar-refractivity contribution >= 4 is 26.0 Å². The van der Waals surface area contributed by atoms with Gasteiger partial charge in [0.25, 0.3) is 0 Å². The summed E-state index contributed by atoms with van der Waals surface area (Å²) in [7, 11) is -0.874. The number of methoxy groups -OCH3 is 2. The lowest BCUT2D eigenvalue weighted by Crippen LogP contribution is -2.39. The molecular weight excluding hydrogens is 525 g/mol. The van der Waals surface area contributed by atoms with Gasteiger partial charge in [-0.2, -0.15) is 4.31 Å². The lowest BCUT2D eigenvalue weighted by Gasteiger charge is -2.29. The summed E-state index contributed by atoms with van der Waals surface area (Å²) in [6, 6.07) is 18.0. The van der Waals surface area contributed by atoms with Crippen molar-refractivity contribution in [1.29, 1.82) is 0 Å². The number of benzene rings is 3. The van der Waals surface area contributed by atoms with Crippen molar-refractivity contribution in [3.05, 3.63) is 93.7 Å². The first-order chi connectivity index (χ1) is 16.1. The summed E-state index contributed by atoms with van der Waals surface area (Å²) in [5.74, 6) is 0.843. The van der Waals surface area contributed by atoms with Crippen molar-refractivity contribution in [3.63, 3.8) is 0 Å². The van der Waals surface area contributed by atoms with E-state index in [0.29, 0.717) is 21.5 Å². The topological polar surface area (TPSA) is 76.1 Å². The Morgan fingerprint density at radius 1 is 0.912 bits per heavy atom. The fraction of sp³-hybridized carbons (Fsp3) is 0.280. The van der Waals surface area contributed by atoms with Gasteiger partial charge in [-0.1, -0.05) is 46.3 Å². The zero-order chi connectivity index (χ0) is 24.9. The zero-order valence-electron chi connectivity index (χ0n) is 19.1. The van der Waals surface area contributed by atoms with Crippen LogP contribution >= 0.6 is 15.9 Å². The highest BCUT2D eigenvalue weighted by molar-refractivity contribution is 9.10. The van der Waals surface area contributed by atoms with Crippen molar-refractivity contribution in [2.75, 3.05) is 14.2 Å². The van der Waals surface area contributed by atoms with E-state index in [1.54, 1.807) is 62.8 Å². The Bertz CT molecular complexity index is 1150. The van der Waals surface area contributed by atoms with Gasteiger partial charge in [0.05, 0.1) is 20.3 Å². The van der Waals surface area contributed by atoms with Gasteiger partial charge in [0, 0.05) is 17.6 Å². The first-order valence-electron chi connectivity index (χ1n) is 10.5. The molecule has 1 N–H and O–H groups in total. The summed E-state index contributed by atoms with van der Waals surface area (Å²) in [6.07, 6.45) is -1.37. The van der Waals surface area contributed by atoms with Gasteiger partial charge in [-0.25, -0.2) is 12.8 Å². The molecule has 2 atom stereocenters. The Morgan fingerprint density at radius 2 is 1.38 bits per heavy atom. The maximum atomic E-state index is 13.7. The van der Waals surface area contributed by atoms with E-state index in [4.69, 9.17) is 9.47 Å². The first-order valence-corrected chi connectivity index (χ1v) is 12.8. The van der Waals surface area contributed by atoms with Crippen molar-refractivity contribution in [1.82, 2.24) is 4.31 Å². The molecule has 0 saturated heterocycles. The van der Waals surface area contributed by atoms with Crippen LogP contribution in [0.5, 0.6) is 11.5 Å². The van der Waals surface area contributed by atoms with Crippen molar-refractivity contribution in [3.8, 4) is 11.5 Å². The van der Waals surface area contributed by atoms with Crippen LogP contribution in [0.2, 0.25) is 0 Å². The Kier molecular flexibility index (Phi) is 8.70. The summed E-state index contributed by atoms with van der Waals surface area (Å²) in [5, 5.41) is 9.73. The minimum atomic E-state index is -4.00. The predicted octanol–water partition coefficient (Wildman–Crippen LogP) is 5.06. The molecule has 0 saturated carbocycles. The molecule has 0 fully saturated rings. The monoisotopic (exact) mass is 551 g/mol. The van der Waals surface area contributed by atoms with Crippen LogP contribution in [-0.2, 0) is 23.1 Å². The number of nitrogens with zero attached hydrogens (tertiary/aromatic N) is 1. The fourth-order valence-electron chi connectivity index (χ4n) is 3.50. The van der Waals surface area contributed by atoms with E-state index in [-0.39, 0.29) is 13.1 Å². The Labute approximate surface area is 208 Å². The van der Waals surface area contributed by atoms with Gasteiger partial charge in [-0.05, 0) is 60.0 Å². The predicted molar refractivity (Wildman–Crippen MR) is 133 cm³/mol. The molecule has 0 heterocycles. The second-order valence-corrected chi connectivity index (χ2v) is 11.0. The number of aliphatic hydroxyl groups is 1. The molecule has 3 rings (SSSR count). The molecule has 3 aromatic rings.